The van der Waals surface area contributed by atoms with Gasteiger partial charge in [0.05, 0.1) is 25.0 Å². The van der Waals surface area contributed by atoms with Crippen LogP contribution >= 0.6 is 0 Å². The standard InChI is InChI=1S/C11H13N3O4/c15-7-4-14(5-8(7)16)6-10-12-11(13-18-10)9-2-1-3-17-9/h1-3,7-8,15-16H,4-6H2. The Kier molecular flexibility index (Phi) is 2.86. The van der Waals surface area contributed by atoms with Crippen molar-refractivity contribution in [3.63, 3.8) is 0 Å². The number of β-amino-alcohol motifs (C(OH)–C–C–N with tert-alkyl or cyclic N) is 2. The summed E-state index contributed by atoms with van der Waals surface area (Å²) >= 11 is 0. The van der Waals surface area contributed by atoms with Gasteiger partial charge in [-0.05, 0) is 12.1 Å². The molecule has 18 heavy (non-hydrogen) atoms. The highest BCUT2D eigenvalue weighted by Gasteiger charge is 2.30. The molecule has 96 valence electrons. The molecule has 1 aliphatic heterocycles. The molecular weight excluding hydrogens is 238 g/mol. The van der Waals surface area contributed by atoms with Crippen molar-refractivity contribution >= 4 is 0 Å². The lowest BCUT2D eigenvalue weighted by molar-refractivity contribution is 0.0572. The van der Waals surface area contributed by atoms with Gasteiger partial charge in [0.25, 0.3) is 0 Å². The Balaban J connectivity index is 1.68. The molecule has 2 aromatic rings. The molecule has 0 spiro atoms. The molecule has 0 amide bonds. The number of furan rings is 1. The summed E-state index contributed by atoms with van der Waals surface area (Å²) in [4.78, 5) is 6.05. The average Bonchev–Trinajstić information content (AvgIpc) is 3.02. The molecule has 3 heterocycles. The molecule has 3 rings (SSSR count). The van der Waals surface area contributed by atoms with Gasteiger partial charge in [0.15, 0.2) is 5.76 Å². The topological polar surface area (TPSA) is 95.8 Å². The summed E-state index contributed by atoms with van der Waals surface area (Å²) in [5.41, 5.74) is 0. The predicted octanol–water partition coefficient (Wildman–Crippen LogP) is -0.133. The Morgan fingerprint density at radius 3 is 2.78 bits per heavy atom. The summed E-state index contributed by atoms with van der Waals surface area (Å²) in [6.45, 7) is 1.21. The second kappa shape index (κ2) is 4.52. The fraction of sp³-hybridized carbons (Fsp3) is 0.455. The van der Waals surface area contributed by atoms with E-state index < -0.39 is 12.2 Å². The van der Waals surface area contributed by atoms with Gasteiger partial charge in [0.1, 0.15) is 0 Å². The van der Waals surface area contributed by atoms with Gasteiger partial charge in [-0.1, -0.05) is 5.16 Å². The van der Waals surface area contributed by atoms with Crippen molar-refractivity contribution in [1.82, 2.24) is 15.0 Å². The lowest BCUT2D eigenvalue weighted by Crippen LogP contribution is -2.22. The van der Waals surface area contributed by atoms with Crippen molar-refractivity contribution in [3.8, 4) is 11.6 Å². The van der Waals surface area contributed by atoms with E-state index in [0.717, 1.165) is 0 Å². The Morgan fingerprint density at radius 1 is 1.33 bits per heavy atom. The molecule has 0 aliphatic carbocycles. The molecule has 1 saturated heterocycles. The first-order valence-corrected chi connectivity index (χ1v) is 5.67. The SMILES string of the molecule is OC1CN(Cc2nc(-c3ccco3)no2)CC1O. The highest BCUT2D eigenvalue weighted by Crippen LogP contribution is 2.18. The van der Waals surface area contributed by atoms with Crippen molar-refractivity contribution < 1.29 is 19.2 Å². The Hall–Kier alpha value is -1.70. The summed E-state index contributed by atoms with van der Waals surface area (Å²) in [6, 6.07) is 3.50. The van der Waals surface area contributed by atoms with Crippen LogP contribution in [-0.4, -0.2) is 50.6 Å². The fourth-order valence-electron chi connectivity index (χ4n) is 1.99. The number of rotatable bonds is 3. The molecule has 0 bridgehead atoms. The molecule has 7 heteroatoms. The first-order valence-electron chi connectivity index (χ1n) is 5.67. The lowest BCUT2D eigenvalue weighted by Gasteiger charge is -2.10. The molecule has 2 atom stereocenters. The van der Waals surface area contributed by atoms with E-state index in [4.69, 9.17) is 8.94 Å². The van der Waals surface area contributed by atoms with Crippen LogP contribution in [0, 0.1) is 0 Å². The number of hydrogen-bond donors (Lipinski definition) is 2. The van der Waals surface area contributed by atoms with Gasteiger partial charge in [0.2, 0.25) is 11.7 Å². The Bertz CT molecular complexity index is 500. The summed E-state index contributed by atoms with van der Waals surface area (Å²) in [5, 5.41) is 22.7. The van der Waals surface area contributed by atoms with Gasteiger partial charge in [-0.15, -0.1) is 0 Å². The summed E-state index contributed by atoms with van der Waals surface area (Å²) < 4.78 is 10.3. The smallest absolute Gasteiger partial charge is 0.241 e. The van der Waals surface area contributed by atoms with E-state index in [1.54, 1.807) is 18.4 Å². The van der Waals surface area contributed by atoms with Crippen molar-refractivity contribution in [2.45, 2.75) is 18.8 Å². The minimum atomic E-state index is -0.711. The first kappa shape index (κ1) is 11.4. The van der Waals surface area contributed by atoms with Crippen molar-refractivity contribution in [2.24, 2.45) is 0 Å². The van der Waals surface area contributed by atoms with Crippen LogP contribution in [0.4, 0.5) is 0 Å². The summed E-state index contributed by atoms with van der Waals surface area (Å²) in [7, 11) is 0. The third kappa shape index (κ3) is 2.15. The van der Waals surface area contributed by atoms with Gasteiger partial charge in [-0.25, -0.2) is 0 Å². The molecule has 2 N–H and O–H groups in total. The molecular formula is C11H13N3O4. The number of aliphatic hydroxyl groups excluding tert-OH is 2. The normalized spacial score (nSPS) is 24.8. The second-order valence-corrected chi connectivity index (χ2v) is 4.32. The Morgan fingerprint density at radius 2 is 2.11 bits per heavy atom. The number of likely N-dealkylation sites (tertiary alicyclic amines) is 1. The van der Waals surface area contributed by atoms with Gasteiger partial charge in [-0.3, -0.25) is 4.90 Å². The maximum Gasteiger partial charge on any atom is 0.241 e. The zero-order valence-electron chi connectivity index (χ0n) is 9.56. The fourth-order valence-corrected chi connectivity index (χ4v) is 1.99. The van der Waals surface area contributed by atoms with Crippen LogP contribution in [-0.2, 0) is 6.54 Å². The minimum Gasteiger partial charge on any atom is -0.461 e. The van der Waals surface area contributed by atoms with E-state index in [-0.39, 0.29) is 0 Å². The molecule has 1 aliphatic rings. The van der Waals surface area contributed by atoms with E-state index >= 15 is 0 Å². The number of aliphatic hydroxyl groups is 2. The van der Waals surface area contributed by atoms with Crippen LogP contribution < -0.4 is 0 Å². The first-order chi connectivity index (χ1) is 8.72. The minimum absolute atomic E-state index is 0.398. The van der Waals surface area contributed by atoms with Crippen molar-refractivity contribution in [3.05, 3.63) is 24.3 Å². The maximum atomic E-state index is 9.43. The quantitative estimate of drug-likeness (QED) is 0.784. The second-order valence-electron chi connectivity index (χ2n) is 4.32. The molecule has 0 saturated carbocycles. The van der Waals surface area contributed by atoms with Crippen LogP contribution in [0.1, 0.15) is 5.89 Å². The van der Waals surface area contributed by atoms with E-state index in [1.807, 2.05) is 4.90 Å². The van der Waals surface area contributed by atoms with E-state index in [2.05, 4.69) is 10.1 Å². The zero-order valence-corrected chi connectivity index (χ0v) is 9.56. The van der Waals surface area contributed by atoms with E-state index in [9.17, 15) is 10.2 Å². The third-order valence-corrected chi connectivity index (χ3v) is 2.90. The van der Waals surface area contributed by atoms with Gasteiger partial charge < -0.3 is 19.2 Å². The maximum absolute atomic E-state index is 9.43. The lowest BCUT2D eigenvalue weighted by atomic mass is 10.3. The van der Waals surface area contributed by atoms with Crippen molar-refractivity contribution in [1.29, 1.82) is 0 Å². The van der Waals surface area contributed by atoms with Gasteiger partial charge in [-0.2, -0.15) is 4.98 Å². The number of nitrogens with zero attached hydrogens (tertiary/aromatic N) is 3. The molecule has 1 fully saturated rings. The summed E-state index contributed by atoms with van der Waals surface area (Å²) in [6.07, 6.45) is 0.119. The predicted molar refractivity (Wildman–Crippen MR) is 59.3 cm³/mol. The van der Waals surface area contributed by atoms with Crippen molar-refractivity contribution in [2.75, 3.05) is 13.1 Å². The molecule has 7 nitrogen and oxygen atoms in total. The molecule has 2 aromatic heterocycles. The zero-order chi connectivity index (χ0) is 12.5. The van der Waals surface area contributed by atoms with E-state index in [0.29, 0.717) is 37.1 Å². The number of aromatic nitrogens is 2. The van der Waals surface area contributed by atoms with Gasteiger partial charge in [0, 0.05) is 13.1 Å². The van der Waals surface area contributed by atoms with Crippen LogP contribution in [0.3, 0.4) is 0 Å². The highest BCUT2D eigenvalue weighted by atomic mass is 16.5. The molecule has 0 radical (unpaired) electrons. The largest absolute Gasteiger partial charge is 0.461 e. The number of hydrogen-bond acceptors (Lipinski definition) is 7. The Labute approximate surface area is 103 Å². The summed E-state index contributed by atoms with van der Waals surface area (Å²) in [5.74, 6) is 1.38. The van der Waals surface area contributed by atoms with Crippen LogP contribution in [0.25, 0.3) is 11.6 Å². The highest BCUT2D eigenvalue weighted by molar-refractivity contribution is 5.44. The van der Waals surface area contributed by atoms with Crippen LogP contribution in [0.15, 0.2) is 27.3 Å². The van der Waals surface area contributed by atoms with Gasteiger partial charge >= 0.3 is 0 Å². The van der Waals surface area contributed by atoms with Crippen LogP contribution in [0.2, 0.25) is 0 Å². The molecule has 2 unspecified atom stereocenters. The van der Waals surface area contributed by atoms with Crippen LogP contribution in [0.5, 0.6) is 0 Å². The molecule has 0 aromatic carbocycles. The van der Waals surface area contributed by atoms with E-state index in [1.165, 1.54) is 0 Å². The third-order valence-electron chi connectivity index (χ3n) is 2.90. The monoisotopic (exact) mass is 251 g/mol. The average molecular weight is 251 g/mol.